The van der Waals surface area contributed by atoms with Gasteiger partial charge in [0.25, 0.3) is 0 Å². The Labute approximate surface area is 97.7 Å². The molecule has 0 aliphatic heterocycles. The molecule has 0 bridgehead atoms. The van der Waals surface area contributed by atoms with E-state index in [1.807, 2.05) is 0 Å². The molecule has 1 N–H and O–H groups in total. The van der Waals surface area contributed by atoms with E-state index in [9.17, 15) is 9.59 Å². The lowest BCUT2D eigenvalue weighted by atomic mass is 9.87. The van der Waals surface area contributed by atoms with Gasteiger partial charge in [0, 0.05) is 6.54 Å². The van der Waals surface area contributed by atoms with Crippen molar-refractivity contribution >= 4 is 11.9 Å². The van der Waals surface area contributed by atoms with Gasteiger partial charge in [-0.2, -0.15) is 0 Å². The van der Waals surface area contributed by atoms with Crippen LogP contribution in [0, 0.1) is 5.41 Å². The Bertz CT molecular complexity index is 236. The molecule has 4 heteroatoms. The van der Waals surface area contributed by atoms with Gasteiger partial charge in [0.05, 0.1) is 7.11 Å². The number of rotatable bonds is 6. The Kier molecular flexibility index (Phi) is 6.77. The smallest absolute Gasteiger partial charge is 0.396 e. The quantitative estimate of drug-likeness (QED) is 0.430. The predicted molar refractivity (Wildman–Crippen MR) is 62.9 cm³/mol. The van der Waals surface area contributed by atoms with E-state index in [4.69, 9.17) is 0 Å². The number of methoxy groups -OCH3 is 1. The van der Waals surface area contributed by atoms with E-state index in [2.05, 4.69) is 30.8 Å². The first-order chi connectivity index (χ1) is 7.43. The normalized spacial score (nSPS) is 11.0. The zero-order chi connectivity index (χ0) is 12.6. The third kappa shape index (κ3) is 6.43. The zero-order valence-electron chi connectivity index (χ0n) is 10.8. The lowest BCUT2D eigenvalue weighted by Gasteiger charge is -2.24. The Morgan fingerprint density at radius 1 is 1.25 bits per heavy atom. The van der Waals surface area contributed by atoms with Gasteiger partial charge in [0.2, 0.25) is 0 Å². The zero-order valence-corrected chi connectivity index (χ0v) is 10.8. The average Bonchev–Trinajstić information content (AvgIpc) is 2.25. The van der Waals surface area contributed by atoms with Crippen molar-refractivity contribution in [2.24, 2.45) is 5.41 Å². The van der Waals surface area contributed by atoms with Crippen LogP contribution in [-0.2, 0) is 14.3 Å². The van der Waals surface area contributed by atoms with E-state index in [1.54, 1.807) is 0 Å². The standard InChI is InChI=1S/C12H23NO3/c1-5-6-7-8-12(2,3)9-13-10(14)11(15)16-4/h5-9H2,1-4H3,(H,13,14). The van der Waals surface area contributed by atoms with Crippen molar-refractivity contribution in [2.75, 3.05) is 13.7 Å². The number of amides is 1. The molecule has 0 heterocycles. The Balaban J connectivity index is 3.89. The van der Waals surface area contributed by atoms with Crippen molar-refractivity contribution in [3.63, 3.8) is 0 Å². The van der Waals surface area contributed by atoms with E-state index in [0.29, 0.717) is 6.54 Å². The molecule has 0 fully saturated rings. The highest BCUT2D eigenvalue weighted by Crippen LogP contribution is 2.22. The number of carbonyl (C=O) groups is 2. The van der Waals surface area contributed by atoms with Gasteiger partial charge in [-0.15, -0.1) is 0 Å². The molecular formula is C12H23NO3. The summed E-state index contributed by atoms with van der Waals surface area (Å²) < 4.78 is 4.32. The van der Waals surface area contributed by atoms with E-state index in [0.717, 1.165) is 12.8 Å². The first kappa shape index (κ1) is 14.9. The molecule has 0 aliphatic carbocycles. The average molecular weight is 229 g/mol. The predicted octanol–water partition coefficient (Wildman–Crippen LogP) is 1.88. The van der Waals surface area contributed by atoms with Crippen LogP contribution in [-0.4, -0.2) is 25.5 Å². The molecule has 0 atom stereocenters. The number of hydrogen-bond acceptors (Lipinski definition) is 3. The summed E-state index contributed by atoms with van der Waals surface area (Å²) in [7, 11) is 1.20. The number of esters is 1. The van der Waals surface area contributed by atoms with Gasteiger partial charge < -0.3 is 10.1 Å². The van der Waals surface area contributed by atoms with E-state index in [-0.39, 0.29) is 5.41 Å². The summed E-state index contributed by atoms with van der Waals surface area (Å²) in [6.07, 6.45) is 4.58. The van der Waals surface area contributed by atoms with Crippen LogP contribution >= 0.6 is 0 Å². The molecule has 0 rings (SSSR count). The van der Waals surface area contributed by atoms with Crippen LogP contribution in [0.15, 0.2) is 0 Å². The van der Waals surface area contributed by atoms with Crippen molar-refractivity contribution < 1.29 is 14.3 Å². The Hall–Kier alpha value is -1.06. The maximum absolute atomic E-state index is 11.2. The van der Waals surface area contributed by atoms with Gasteiger partial charge in [-0.05, 0) is 11.8 Å². The second kappa shape index (κ2) is 7.25. The van der Waals surface area contributed by atoms with Gasteiger partial charge in [-0.3, -0.25) is 4.79 Å². The molecule has 0 spiro atoms. The van der Waals surface area contributed by atoms with E-state index >= 15 is 0 Å². The van der Waals surface area contributed by atoms with Crippen LogP contribution in [0.3, 0.4) is 0 Å². The van der Waals surface area contributed by atoms with Crippen molar-refractivity contribution in [2.45, 2.75) is 46.5 Å². The molecule has 0 saturated heterocycles. The minimum absolute atomic E-state index is 0.0266. The van der Waals surface area contributed by atoms with Crippen molar-refractivity contribution in [1.29, 1.82) is 0 Å². The number of ether oxygens (including phenoxy) is 1. The van der Waals surface area contributed by atoms with E-state index in [1.165, 1.54) is 20.0 Å². The topological polar surface area (TPSA) is 55.4 Å². The monoisotopic (exact) mass is 229 g/mol. The molecule has 1 amide bonds. The molecule has 0 unspecified atom stereocenters. The summed E-state index contributed by atoms with van der Waals surface area (Å²) in [5, 5.41) is 2.59. The fourth-order valence-corrected chi connectivity index (χ4v) is 1.43. The molecule has 0 aromatic heterocycles. The fourth-order valence-electron chi connectivity index (χ4n) is 1.43. The Morgan fingerprint density at radius 3 is 2.38 bits per heavy atom. The lowest BCUT2D eigenvalue weighted by Crippen LogP contribution is -2.38. The summed E-state index contributed by atoms with van der Waals surface area (Å²) in [6, 6.07) is 0. The highest BCUT2D eigenvalue weighted by Gasteiger charge is 2.21. The van der Waals surface area contributed by atoms with Crippen molar-refractivity contribution in [1.82, 2.24) is 5.32 Å². The molecule has 0 aromatic carbocycles. The summed E-state index contributed by atoms with van der Waals surface area (Å²) >= 11 is 0. The van der Waals surface area contributed by atoms with Gasteiger partial charge in [-0.25, -0.2) is 4.79 Å². The van der Waals surface area contributed by atoms with Crippen LogP contribution in [0.1, 0.15) is 46.5 Å². The number of nitrogens with one attached hydrogen (secondary N) is 1. The summed E-state index contributed by atoms with van der Waals surface area (Å²) in [5.41, 5.74) is 0.0266. The molecule has 94 valence electrons. The summed E-state index contributed by atoms with van der Waals surface area (Å²) in [5.74, 6) is -1.49. The lowest BCUT2D eigenvalue weighted by molar-refractivity contribution is -0.152. The molecule has 0 radical (unpaired) electrons. The number of carbonyl (C=O) groups excluding carboxylic acids is 2. The van der Waals surface area contributed by atoms with Crippen LogP contribution < -0.4 is 5.32 Å². The third-order valence-corrected chi connectivity index (χ3v) is 2.56. The van der Waals surface area contributed by atoms with Gasteiger partial charge in [0.15, 0.2) is 0 Å². The second-order valence-electron chi connectivity index (χ2n) is 4.80. The first-order valence-corrected chi connectivity index (χ1v) is 5.79. The largest absolute Gasteiger partial charge is 0.462 e. The van der Waals surface area contributed by atoms with Gasteiger partial charge >= 0.3 is 11.9 Å². The summed E-state index contributed by atoms with van der Waals surface area (Å²) in [4.78, 5) is 22.0. The molecule has 0 aliphatic rings. The third-order valence-electron chi connectivity index (χ3n) is 2.56. The Morgan fingerprint density at radius 2 is 1.88 bits per heavy atom. The maximum Gasteiger partial charge on any atom is 0.396 e. The van der Waals surface area contributed by atoms with E-state index < -0.39 is 11.9 Å². The fraction of sp³-hybridized carbons (Fsp3) is 0.833. The first-order valence-electron chi connectivity index (χ1n) is 5.79. The molecule has 0 aromatic rings. The molecule has 16 heavy (non-hydrogen) atoms. The van der Waals surface area contributed by atoms with Gasteiger partial charge in [0.1, 0.15) is 0 Å². The van der Waals surface area contributed by atoms with Crippen LogP contribution in [0.4, 0.5) is 0 Å². The highest BCUT2D eigenvalue weighted by molar-refractivity contribution is 6.32. The maximum atomic E-state index is 11.2. The number of unbranched alkanes of at least 4 members (excludes halogenated alkanes) is 2. The molecule has 4 nitrogen and oxygen atoms in total. The van der Waals surface area contributed by atoms with Crippen LogP contribution in [0.5, 0.6) is 0 Å². The van der Waals surface area contributed by atoms with Crippen LogP contribution in [0.2, 0.25) is 0 Å². The number of hydrogen-bond donors (Lipinski definition) is 1. The van der Waals surface area contributed by atoms with Gasteiger partial charge in [-0.1, -0.05) is 40.0 Å². The SMILES string of the molecule is CCCCCC(C)(C)CNC(=O)C(=O)OC. The molecule has 0 saturated carbocycles. The minimum Gasteiger partial charge on any atom is -0.462 e. The van der Waals surface area contributed by atoms with Crippen LogP contribution in [0.25, 0.3) is 0 Å². The summed E-state index contributed by atoms with van der Waals surface area (Å²) in [6.45, 7) is 6.83. The highest BCUT2D eigenvalue weighted by atomic mass is 16.5. The van der Waals surface area contributed by atoms with Crippen molar-refractivity contribution in [3.8, 4) is 0 Å². The van der Waals surface area contributed by atoms with Crippen molar-refractivity contribution in [3.05, 3.63) is 0 Å². The minimum atomic E-state index is -0.829. The second-order valence-corrected chi connectivity index (χ2v) is 4.80. The molecular weight excluding hydrogens is 206 g/mol.